The number of rotatable bonds is 10. The average molecular weight is 556 g/mol. The van der Waals surface area contributed by atoms with Crippen LogP contribution in [0.4, 0.5) is 0 Å². The third-order valence-corrected chi connectivity index (χ3v) is 8.89. The Morgan fingerprint density at radius 2 is 1.43 bits per heavy atom. The summed E-state index contributed by atoms with van der Waals surface area (Å²) in [6, 6.07) is 33.4. The molecule has 1 unspecified atom stereocenters. The standard InChI is InChI=1S/C34H35O5S/c1-25-21-31(40(29-11-5-3-6-12-29)30-13-7-4-8-14-30)22-26(2)34(25)38-23-27-16-18-28(19-17-27)37-24-32(35)39-33-15-9-10-20-36-33/h3-8,11-14,16-19,21-22,33H,9-10,15,20,23-24H2,1-2H3/q+1. The minimum absolute atomic E-state index is 0.145. The molecule has 0 aromatic heterocycles. The molecule has 1 aliphatic heterocycles. The number of carbonyl (C=O) groups is 1. The fraction of sp³-hybridized carbons (Fsp3) is 0.265. The van der Waals surface area contributed by atoms with Gasteiger partial charge in [0.25, 0.3) is 0 Å². The van der Waals surface area contributed by atoms with Crippen LogP contribution in [0.2, 0.25) is 0 Å². The van der Waals surface area contributed by atoms with E-state index in [1.165, 1.54) is 14.7 Å². The van der Waals surface area contributed by atoms with Crippen LogP contribution < -0.4 is 9.47 Å². The van der Waals surface area contributed by atoms with Crippen LogP contribution in [-0.2, 0) is 31.8 Å². The number of esters is 1. The second-order valence-electron chi connectivity index (χ2n) is 9.83. The molecule has 0 bridgehead atoms. The second kappa shape index (κ2) is 13.6. The van der Waals surface area contributed by atoms with Gasteiger partial charge in [-0.05, 0) is 79.8 Å². The van der Waals surface area contributed by atoms with Gasteiger partial charge < -0.3 is 18.9 Å². The highest BCUT2D eigenvalue weighted by molar-refractivity contribution is 7.97. The Labute approximate surface area is 239 Å². The molecule has 0 spiro atoms. The molecule has 0 radical (unpaired) electrons. The number of aryl methyl sites for hydroxylation is 2. The molecule has 0 amide bonds. The summed E-state index contributed by atoms with van der Waals surface area (Å²) >= 11 is 0. The molecule has 5 rings (SSSR count). The molecule has 0 aliphatic carbocycles. The zero-order chi connectivity index (χ0) is 27.7. The maximum Gasteiger partial charge on any atom is 0.346 e. The van der Waals surface area contributed by atoms with Crippen LogP contribution in [0.15, 0.2) is 112 Å². The summed E-state index contributed by atoms with van der Waals surface area (Å²) in [5.74, 6) is 1.09. The van der Waals surface area contributed by atoms with Gasteiger partial charge in [0.05, 0.1) is 17.5 Å². The van der Waals surface area contributed by atoms with E-state index in [1.807, 2.05) is 24.3 Å². The van der Waals surface area contributed by atoms with Crippen molar-refractivity contribution in [3.8, 4) is 11.5 Å². The highest BCUT2D eigenvalue weighted by atomic mass is 32.2. The molecule has 206 valence electrons. The number of benzene rings is 4. The number of carbonyl (C=O) groups excluding carboxylic acids is 1. The Morgan fingerprint density at radius 1 is 0.800 bits per heavy atom. The maximum atomic E-state index is 12.1. The predicted molar refractivity (Wildman–Crippen MR) is 157 cm³/mol. The minimum atomic E-state index is -0.451. The van der Waals surface area contributed by atoms with E-state index in [0.29, 0.717) is 19.0 Å². The number of hydrogen-bond acceptors (Lipinski definition) is 5. The van der Waals surface area contributed by atoms with Crippen LogP contribution in [0.5, 0.6) is 11.5 Å². The predicted octanol–water partition coefficient (Wildman–Crippen LogP) is 7.43. The molecule has 1 fully saturated rings. The van der Waals surface area contributed by atoms with Crippen LogP contribution >= 0.6 is 0 Å². The molecule has 40 heavy (non-hydrogen) atoms. The first kappa shape index (κ1) is 27.8. The molecule has 4 aromatic carbocycles. The third kappa shape index (κ3) is 7.26. The Morgan fingerprint density at radius 3 is 2.00 bits per heavy atom. The molecule has 6 heteroatoms. The van der Waals surface area contributed by atoms with Gasteiger partial charge in [-0.1, -0.05) is 48.5 Å². The van der Waals surface area contributed by atoms with Gasteiger partial charge in [-0.2, -0.15) is 0 Å². The Hall–Kier alpha value is -3.74. The Balaban J connectivity index is 1.21. The maximum absolute atomic E-state index is 12.1. The lowest BCUT2D eigenvalue weighted by atomic mass is 10.1. The molecule has 5 nitrogen and oxygen atoms in total. The highest BCUT2D eigenvalue weighted by Crippen LogP contribution is 2.35. The van der Waals surface area contributed by atoms with Crippen molar-refractivity contribution in [2.75, 3.05) is 13.2 Å². The molecule has 1 heterocycles. The molecule has 1 saturated heterocycles. The van der Waals surface area contributed by atoms with Crippen molar-refractivity contribution in [3.63, 3.8) is 0 Å². The summed E-state index contributed by atoms with van der Waals surface area (Å²) in [6.45, 7) is 5.14. The van der Waals surface area contributed by atoms with Crippen LogP contribution in [0, 0.1) is 13.8 Å². The molecular formula is C34H35O5S+. The van der Waals surface area contributed by atoms with E-state index in [-0.39, 0.29) is 17.5 Å². The fourth-order valence-electron chi connectivity index (χ4n) is 4.74. The van der Waals surface area contributed by atoms with E-state index in [9.17, 15) is 4.79 Å². The second-order valence-corrected chi connectivity index (χ2v) is 11.9. The van der Waals surface area contributed by atoms with Crippen molar-refractivity contribution in [2.45, 2.75) is 60.7 Å². The summed E-state index contributed by atoms with van der Waals surface area (Å²) in [4.78, 5) is 15.9. The lowest BCUT2D eigenvalue weighted by Crippen LogP contribution is -2.27. The Bertz CT molecular complexity index is 1320. The number of hydrogen-bond donors (Lipinski definition) is 0. The summed E-state index contributed by atoms with van der Waals surface area (Å²) in [6.07, 6.45) is 2.30. The molecule has 4 aromatic rings. The van der Waals surface area contributed by atoms with Crippen LogP contribution in [-0.4, -0.2) is 25.5 Å². The largest absolute Gasteiger partial charge is 0.488 e. The molecule has 1 aliphatic rings. The Kier molecular flexibility index (Phi) is 9.42. The lowest BCUT2D eigenvalue weighted by Gasteiger charge is -2.22. The monoisotopic (exact) mass is 555 g/mol. The van der Waals surface area contributed by atoms with Gasteiger partial charge in [-0.3, -0.25) is 0 Å². The van der Waals surface area contributed by atoms with E-state index >= 15 is 0 Å². The zero-order valence-corrected chi connectivity index (χ0v) is 23.8. The summed E-state index contributed by atoms with van der Waals surface area (Å²) in [7, 11) is -0.203. The average Bonchev–Trinajstić information content (AvgIpc) is 2.98. The summed E-state index contributed by atoms with van der Waals surface area (Å²) < 4.78 is 22.7. The van der Waals surface area contributed by atoms with E-state index in [4.69, 9.17) is 18.9 Å². The van der Waals surface area contributed by atoms with Crippen LogP contribution in [0.3, 0.4) is 0 Å². The summed E-state index contributed by atoms with van der Waals surface area (Å²) in [5, 5.41) is 0. The summed E-state index contributed by atoms with van der Waals surface area (Å²) in [5.41, 5.74) is 3.24. The van der Waals surface area contributed by atoms with Crippen molar-refractivity contribution >= 4 is 16.9 Å². The fourth-order valence-corrected chi connectivity index (χ4v) is 7.01. The zero-order valence-electron chi connectivity index (χ0n) is 23.0. The lowest BCUT2D eigenvalue weighted by molar-refractivity contribution is -0.188. The quantitative estimate of drug-likeness (QED) is 0.150. The molecule has 0 N–H and O–H groups in total. The van der Waals surface area contributed by atoms with Gasteiger partial charge >= 0.3 is 5.97 Å². The normalized spacial score (nSPS) is 15.0. The van der Waals surface area contributed by atoms with E-state index in [2.05, 4.69) is 86.6 Å². The van der Waals surface area contributed by atoms with Gasteiger partial charge in [0.1, 0.15) is 18.1 Å². The van der Waals surface area contributed by atoms with Gasteiger partial charge in [0.2, 0.25) is 6.29 Å². The number of ether oxygens (including phenoxy) is 4. The van der Waals surface area contributed by atoms with Crippen molar-refractivity contribution in [3.05, 3.63) is 114 Å². The van der Waals surface area contributed by atoms with Crippen LogP contribution in [0.1, 0.15) is 36.0 Å². The molecule has 0 saturated carbocycles. The van der Waals surface area contributed by atoms with Crippen molar-refractivity contribution < 1.29 is 23.7 Å². The van der Waals surface area contributed by atoms with Gasteiger partial charge in [0.15, 0.2) is 21.3 Å². The van der Waals surface area contributed by atoms with Gasteiger partial charge in [0, 0.05) is 18.6 Å². The van der Waals surface area contributed by atoms with E-state index in [1.54, 1.807) is 0 Å². The van der Waals surface area contributed by atoms with E-state index in [0.717, 1.165) is 41.7 Å². The third-order valence-electron chi connectivity index (χ3n) is 6.69. The molecule has 1 atom stereocenters. The van der Waals surface area contributed by atoms with Crippen molar-refractivity contribution in [1.82, 2.24) is 0 Å². The van der Waals surface area contributed by atoms with Crippen molar-refractivity contribution in [2.24, 2.45) is 0 Å². The van der Waals surface area contributed by atoms with Gasteiger partial charge in [-0.25, -0.2) is 4.79 Å². The van der Waals surface area contributed by atoms with Crippen LogP contribution in [0.25, 0.3) is 0 Å². The minimum Gasteiger partial charge on any atom is -0.488 e. The smallest absolute Gasteiger partial charge is 0.346 e. The first-order valence-corrected chi connectivity index (χ1v) is 14.9. The van der Waals surface area contributed by atoms with Crippen molar-refractivity contribution in [1.29, 1.82) is 0 Å². The topological polar surface area (TPSA) is 54.0 Å². The molecular weight excluding hydrogens is 520 g/mol. The van der Waals surface area contributed by atoms with E-state index < -0.39 is 12.3 Å². The SMILES string of the molecule is Cc1cc([S+](c2ccccc2)c2ccccc2)cc(C)c1OCc1ccc(OCC(=O)OC2CCCCO2)cc1. The van der Waals surface area contributed by atoms with Gasteiger partial charge in [-0.15, -0.1) is 0 Å². The first-order valence-electron chi connectivity index (χ1n) is 13.7. The first-order chi connectivity index (χ1) is 19.6. The highest BCUT2D eigenvalue weighted by Gasteiger charge is 2.29.